The van der Waals surface area contributed by atoms with E-state index in [4.69, 9.17) is 10.00 Å². The van der Waals surface area contributed by atoms with Gasteiger partial charge in [-0.1, -0.05) is 15.9 Å². The van der Waals surface area contributed by atoms with Crippen LogP contribution in [0.3, 0.4) is 0 Å². The molecule has 1 aromatic rings. The Balaban J connectivity index is 1.75. The molecular formula is C14H15BrN2O. The number of halogens is 1. The summed E-state index contributed by atoms with van der Waals surface area (Å²) >= 11 is 3.44. The van der Waals surface area contributed by atoms with Crippen LogP contribution in [0.25, 0.3) is 0 Å². The Morgan fingerprint density at radius 1 is 1.28 bits per heavy atom. The zero-order valence-corrected chi connectivity index (χ0v) is 11.6. The largest absolute Gasteiger partial charge is 0.380 e. The van der Waals surface area contributed by atoms with Crippen molar-refractivity contribution < 1.29 is 4.74 Å². The molecular weight excluding hydrogens is 292 g/mol. The molecule has 18 heavy (non-hydrogen) atoms. The van der Waals surface area contributed by atoms with Crippen LogP contribution >= 0.6 is 15.9 Å². The molecule has 3 nitrogen and oxygen atoms in total. The predicted octanol–water partition coefficient (Wildman–Crippen LogP) is 3.30. The van der Waals surface area contributed by atoms with Crippen molar-refractivity contribution in [2.24, 2.45) is 5.92 Å². The van der Waals surface area contributed by atoms with Crippen molar-refractivity contribution >= 4 is 21.6 Å². The lowest BCUT2D eigenvalue weighted by Crippen LogP contribution is -2.30. The molecule has 1 aliphatic carbocycles. The van der Waals surface area contributed by atoms with Gasteiger partial charge >= 0.3 is 0 Å². The van der Waals surface area contributed by atoms with E-state index in [1.807, 2.05) is 18.2 Å². The monoisotopic (exact) mass is 306 g/mol. The normalized spacial score (nSPS) is 26.9. The van der Waals surface area contributed by atoms with Crippen LogP contribution in [0, 0.1) is 17.2 Å². The Morgan fingerprint density at radius 2 is 2.11 bits per heavy atom. The quantitative estimate of drug-likeness (QED) is 0.932. The van der Waals surface area contributed by atoms with E-state index in [0.29, 0.717) is 17.7 Å². The molecule has 1 saturated carbocycles. The molecule has 1 aliphatic heterocycles. The van der Waals surface area contributed by atoms with E-state index in [-0.39, 0.29) is 0 Å². The minimum Gasteiger partial charge on any atom is -0.380 e. The van der Waals surface area contributed by atoms with E-state index >= 15 is 0 Å². The van der Waals surface area contributed by atoms with Crippen molar-refractivity contribution in [2.75, 3.05) is 11.9 Å². The summed E-state index contributed by atoms with van der Waals surface area (Å²) in [4.78, 5) is 0. The van der Waals surface area contributed by atoms with Crippen LogP contribution in [-0.2, 0) is 4.74 Å². The smallest absolute Gasteiger partial charge is 0.0992 e. The molecule has 3 rings (SSSR count). The fourth-order valence-corrected chi connectivity index (χ4v) is 3.10. The fraction of sp³-hybridized carbons (Fsp3) is 0.500. The highest BCUT2D eigenvalue weighted by molar-refractivity contribution is 9.10. The third-order valence-corrected chi connectivity index (χ3v) is 4.06. The second-order valence-corrected chi connectivity index (χ2v) is 5.97. The summed E-state index contributed by atoms with van der Waals surface area (Å²) < 4.78 is 6.75. The van der Waals surface area contributed by atoms with Gasteiger partial charge < -0.3 is 10.1 Å². The Kier molecular flexibility index (Phi) is 3.27. The van der Waals surface area contributed by atoms with Crippen LogP contribution in [0.5, 0.6) is 0 Å². The molecule has 0 spiro atoms. The van der Waals surface area contributed by atoms with Gasteiger partial charge in [0.25, 0.3) is 0 Å². The summed E-state index contributed by atoms with van der Waals surface area (Å²) in [6.07, 6.45) is 4.00. The third-order valence-electron chi connectivity index (χ3n) is 3.60. The number of ether oxygens (including phenoxy) is 1. The first kappa shape index (κ1) is 12.0. The van der Waals surface area contributed by atoms with Gasteiger partial charge in [-0.15, -0.1) is 0 Å². The fourth-order valence-electron chi connectivity index (χ4n) is 2.61. The summed E-state index contributed by atoms with van der Waals surface area (Å²) in [5.41, 5.74) is 1.68. The zero-order chi connectivity index (χ0) is 12.5. The standard InChI is InChI=1S/C14H15BrN2O/c15-11-5-9(8-16)6-12(7-11)17-13-3-4-18-14(13)10-1-2-10/h5-7,10,13-14,17H,1-4H2. The van der Waals surface area contributed by atoms with E-state index < -0.39 is 0 Å². The van der Waals surface area contributed by atoms with Crippen molar-refractivity contribution in [3.8, 4) is 6.07 Å². The highest BCUT2D eigenvalue weighted by Crippen LogP contribution is 2.39. The summed E-state index contributed by atoms with van der Waals surface area (Å²) in [6.45, 7) is 0.845. The van der Waals surface area contributed by atoms with Gasteiger partial charge in [0.05, 0.1) is 23.8 Å². The number of benzene rings is 1. The van der Waals surface area contributed by atoms with E-state index in [0.717, 1.165) is 29.1 Å². The first-order valence-electron chi connectivity index (χ1n) is 6.35. The lowest BCUT2D eigenvalue weighted by atomic mass is 10.1. The lowest BCUT2D eigenvalue weighted by Gasteiger charge is -2.20. The molecule has 94 valence electrons. The second kappa shape index (κ2) is 4.91. The van der Waals surface area contributed by atoms with Gasteiger partial charge in [0.1, 0.15) is 0 Å². The van der Waals surface area contributed by atoms with Gasteiger partial charge in [-0.25, -0.2) is 0 Å². The highest BCUT2D eigenvalue weighted by Gasteiger charge is 2.40. The maximum atomic E-state index is 8.97. The Morgan fingerprint density at radius 3 is 2.83 bits per heavy atom. The van der Waals surface area contributed by atoms with Crippen LogP contribution in [0.2, 0.25) is 0 Å². The van der Waals surface area contributed by atoms with E-state index in [1.165, 1.54) is 12.8 Å². The Bertz CT molecular complexity index is 493. The van der Waals surface area contributed by atoms with Crippen LogP contribution in [0.4, 0.5) is 5.69 Å². The number of hydrogen-bond acceptors (Lipinski definition) is 3. The molecule has 1 heterocycles. The summed E-state index contributed by atoms with van der Waals surface area (Å²) in [5.74, 6) is 0.743. The number of nitrogens with zero attached hydrogens (tertiary/aromatic N) is 1. The van der Waals surface area contributed by atoms with Gasteiger partial charge in [-0.2, -0.15) is 5.26 Å². The zero-order valence-electron chi connectivity index (χ0n) is 10.0. The van der Waals surface area contributed by atoms with E-state index in [2.05, 4.69) is 27.3 Å². The van der Waals surface area contributed by atoms with E-state index in [1.54, 1.807) is 0 Å². The summed E-state index contributed by atoms with van der Waals surface area (Å²) in [7, 11) is 0. The first-order valence-corrected chi connectivity index (χ1v) is 7.14. The minimum atomic E-state index is 0.356. The predicted molar refractivity (Wildman–Crippen MR) is 73.3 cm³/mol. The highest BCUT2D eigenvalue weighted by atomic mass is 79.9. The molecule has 0 radical (unpaired) electrons. The van der Waals surface area contributed by atoms with Crippen LogP contribution in [0.15, 0.2) is 22.7 Å². The molecule has 2 atom stereocenters. The molecule has 1 N–H and O–H groups in total. The molecule has 2 aliphatic rings. The Hall–Kier alpha value is -1.05. The average molecular weight is 307 g/mol. The Labute approximate surface area is 115 Å². The van der Waals surface area contributed by atoms with Crippen molar-refractivity contribution in [3.05, 3.63) is 28.2 Å². The van der Waals surface area contributed by atoms with Gasteiger partial charge in [0.15, 0.2) is 0 Å². The van der Waals surface area contributed by atoms with Crippen molar-refractivity contribution in [1.29, 1.82) is 5.26 Å². The molecule has 4 heteroatoms. The second-order valence-electron chi connectivity index (χ2n) is 5.05. The van der Waals surface area contributed by atoms with Gasteiger partial charge in [0, 0.05) is 16.8 Å². The summed E-state index contributed by atoms with van der Waals surface area (Å²) in [6, 6.07) is 8.31. The van der Waals surface area contributed by atoms with Crippen molar-refractivity contribution in [3.63, 3.8) is 0 Å². The van der Waals surface area contributed by atoms with Crippen LogP contribution in [0.1, 0.15) is 24.8 Å². The number of nitrogens with one attached hydrogen (secondary N) is 1. The molecule has 2 fully saturated rings. The summed E-state index contributed by atoms with van der Waals surface area (Å²) in [5, 5.41) is 12.5. The number of rotatable bonds is 3. The minimum absolute atomic E-state index is 0.356. The van der Waals surface area contributed by atoms with Gasteiger partial charge in [-0.05, 0) is 43.4 Å². The SMILES string of the molecule is N#Cc1cc(Br)cc(NC2CCOC2C2CC2)c1. The molecule has 2 unspecified atom stereocenters. The number of anilines is 1. The molecule has 1 saturated heterocycles. The van der Waals surface area contributed by atoms with Gasteiger partial charge in [0.2, 0.25) is 0 Å². The molecule has 0 amide bonds. The molecule has 0 bridgehead atoms. The van der Waals surface area contributed by atoms with Crippen LogP contribution in [-0.4, -0.2) is 18.8 Å². The third kappa shape index (κ3) is 2.52. The van der Waals surface area contributed by atoms with Gasteiger partial charge in [-0.3, -0.25) is 0 Å². The lowest BCUT2D eigenvalue weighted by molar-refractivity contribution is 0.0898. The van der Waals surface area contributed by atoms with E-state index in [9.17, 15) is 0 Å². The molecule has 1 aromatic carbocycles. The average Bonchev–Trinajstić information content (AvgIpc) is 3.10. The van der Waals surface area contributed by atoms with Crippen molar-refractivity contribution in [2.45, 2.75) is 31.4 Å². The number of nitriles is 1. The van der Waals surface area contributed by atoms with Crippen molar-refractivity contribution in [1.82, 2.24) is 0 Å². The molecule has 0 aromatic heterocycles. The van der Waals surface area contributed by atoms with Crippen LogP contribution < -0.4 is 5.32 Å². The first-order chi connectivity index (χ1) is 8.76. The topological polar surface area (TPSA) is 45.0 Å². The number of hydrogen-bond donors (Lipinski definition) is 1. The maximum absolute atomic E-state index is 8.97. The maximum Gasteiger partial charge on any atom is 0.0992 e.